The Kier molecular flexibility index (Phi) is 3.57. The van der Waals surface area contributed by atoms with Gasteiger partial charge in [-0.05, 0) is 19.1 Å². The molecule has 0 atom stereocenters. The van der Waals surface area contributed by atoms with Crippen molar-refractivity contribution in [1.29, 1.82) is 0 Å². The molecule has 2 rings (SSSR count). The van der Waals surface area contributed by atoms with Crippen LogP contribution in [0.3, 0.4) is 0 Å². The van der Waals surface area contributed by atoms with E-state index in [4.69, 9.17) is 4.52 Å². The molecule has 6 heteroatoms. The average Bonchev–Trinajstić information content (AvgIpc) is 2.85. The highest BCUT2D eigenvalue weighted by molar-refractivity contribution is 5.96. The summed E-state index contributed by atoms with van der Waals surface area (Å²) >= 11 is 0. The molecule has 0 radical (unpaired) electrons. The smallest absolute Gasteiger partial charge is 0.251 e. The fourth-order valence-electron chi connectivity index (χ4n) is 1.55. The zero-order chi connectivity index (χ0) is 13.0. The standard InChI is InChI=1S/C12H13N3O3/c1-8-9(3-2-4-10(8)16)12(17)13-6-5-11-14-7-15-18-11/h2-4,7,16H,5-6H2,1H3,(H,13,17). The van der Waals surface area contributed by atoms with Crippen molar-refractivity contribution in [3.63, 3.8) is 0 Å². The summed E-state index contributed by atoms with van der Waals surface area (Å²) in [5.74, 6) is 0.352. The van der Waals surface area contributed by atoms with Crippen molar-refractivity contribution in [1.82, 2.24) is 15.5 Å². The molecule has 0 aliphatic carbocycles. The van der Waals surface area contributed by atoms with Gasteiger partial charge in [-0.15, -0.1) is 0 Å². The van der Waals surface area contributed by atoms with E-state index in [-0.39, 0.29) is 11.7 Å². The molecule has 2 N–H and O–H groups in total. The number of phenols is 1. The number of aromatic hydroxyl groups is 1. The van der Waals surface area contributed by atoms with Crippen molar-refractivity contribution in [3.05, 3.63) is 41.5 Å². The highest BCUT2D eigenvalue weighted by Gasteiger charge is 2.11. The lowest BCUT2D eigenvalue weighted by atomic mass is 10.1. The molecule has 6 nitrogen and oxygen atoms in total. The monoisotopic (exact) mass is 247 g/mol. The molecule has 0 aliphatic rings. The summed E-state index contributed by atoms with van der Waals surface area (Å²) < 4.78 is 4.81. The molecule has 1 aromatic carbocycles. The van der Waals surface area contributed by atoms with Crippen molar-refractivity contribution in [2.75, 3.05) is 6.54 Å². The predicted octanol–water partition coefficient (Wildman–Crippen LogP) is 1.06. The van der Waals surface area contributed by atoms with E-state index in [2.05, 4.69) is 15.5 Å². The van der Waals surface area contributed by atoms with Gasteiger partial charge in [0.15, 0.2) is 6.33 Å². The first-order valence-electron chi connectivity index (χ1n) is 5.51. The van der Waals surface area contributed by atoms with Crippen LogP contribution in [-0.2, 0) is 6.42 Å². The Hall–Kier alpha value is -2.37. The van der Waals surface area contributed by atoms with Crippen LogP contribution in [-0.4, -0.2) is 27.7 Å². The number of hydrogen-bond donors (Lipinski definition) is 2. The number of phenolic OH excluding ortho intramolecular Hbond substituents is 1. The van der Waals surface area contributed by atoms with Gasteiger partial charge in [-0.2, -0.15) is 4.98 Å². The van der Waals surface area contributed by atoms with Crippen LogP contribution >= 0.6 is 0 Å². The molecule has 0 spiro atoms. The minimum absolute atomic E-state index is 0.111. The molecule has 0 fully saturated rings. The molecule has 0 saturated heterocycles. The first kappa shape index (κ1) is 12.1. The second-order valence-corrected chi connectivity index (χ2v) is 3.79. The van der Waals surface area contributed by atoms with Gasteiger partial charge in [0.1, 0.15) is 5.75 Å². The number of nitrogens with one attached hydrogen (secondary N) is 1. The Morgan fingerprint density at radius 3 is 3.06 bits per heavy atom. The number of carbonyl (C=O) groups is 1. The third-order valence-corrected chi connectivity index (χ3v) is 2.58. The van der Waals surface area contributed by atoms with Crippen LogP contribution in [0.5, 0.6) is 5.75 Å². The van der Waals surface area contributed by atoms with E-state index in [9.17, 15) is 9.90 Å². The van der Waals surface area contributed by atoms with E-state index in [0.717, 1.165) is 0 Å². The van der Waals surface area contributed by atoms with Gasteiger partial charge in [-0.1, -0.05) is 11.2 Å². The SMILES string of the molecule is Cc1c(O)cccc1C(=O)NCCc1ncno1. The van der Waals surface area contributed by atoms with Gasteiger partial charge in [-0.25, -0.2) is 0 Å². The number of benzene rings is 1. The third kappa shape index (κ3) is 2.65. The maximum Gasteiger partial charge on any atom is 0.251 e. The van der Waals surface area contributed by atoms with E-state index < -0.39 is 0 Å². The van der Waals surface area contributed by atoms with Crippen LogP contribution in [0.1, 0.15) is 21.8 Å². The second kappa shape index (κ2) is 5.31. The summed E-state index contributed by atoms with van der Waals surface area (Å²) in [7, 11) is 0. The lowest BCUT2D eigenvalue weighted by Gasteiger charge is -2.07. The zero-order valence-electron chi connectivity index (χ0n) is 9.88. The molecular formula is C12H13N3O3. The van der Waals surface area contributed by atoms with E-state index in [1.807, 2.05) is 0 Å². The number of nitrogens with zero attached hydrogens (tertiary/aromatic N) is 2. The quantitative estimate of drug-likeness (QED) is 0.843. The van der Waals surface area contributed by atoms with E-state index >= 15 is 0 Å². The van der Waals surface area contributed by atoms with E-state index in [1.165, 1.54) is 6.33 Å². The lowest BCUT2D eigenvalue weighted by Crippen LogP contribution is -2.26. The number of carbonyl (C=O) groups excluding carboxylic acids is 1. The number of aromatic nitrogens is 2. The van der Waals surface area contributed by atoms with Gasteiger partial charge in [-0.3, -0.25) is 4.79 Å². The second-order valence-electron chi connectivity index (χ2n) is 3.79. The summed E-state index contributed by atoms with van der Waals surface area (Å²) in [4.78, 5) is 15.7. The summed E-state index contributed by atoms with van der Waals surface area (Å²) in [6, 6.07) is 4.84. The first-order valence-corrected chi connectivity index (χ1v) is 5.51. The predicted molar refractivity (Wildman–Crippen MR) is 63.2 cm³/mol. The van der Waals surface area contributed by atoms with Crippen LogP contribution in [0.15, 0.2) is 29.0 Å². The molecule has 0 unspecified atom stereocenters. The Balaban J connectivity index is 1.93. The molecule has 94 valence electrons. The van der Waals surface area contributed by atoms with Gasteiger partial charge in [0, 0.05) is 24.1 Å². The van der Waals surface area contributed by atoms with Gasteiger partial charge < -0.3 is 14.9 Å². The molecule has 0 bridgehead atoms. The van der Waals surface area contributed by atoms with Gasteiger partial charge in [0.05, 0.1) is 0 Å². The molecule has 1 amide bonds. The molecule has 1 heterocycles. The first-order chi connectivity index (χ1) is 8.68. The van der Waals surface area contributed by atoms with Crippen molar-refractivity contribution >= 4 is 5.91 Å². The Morgan fingerprint density at radius 2 is 2.33 bits per heavy atom. The van der Waals surface area contributed by atoms with Crippen molar-refractivity contribution in [2.45, 2.75) is 13.3 Å². The van der Waals surface area contributed by atoms with E-state index in [0.29, 0.717) is 30.0 Å². The lowest BCUT2D eigenvalue weighted by molar-refractivity contribution is 0.0952. The van der Waals surface area contributed by atoms with Crippen LogP contribution in [0.4, 0.5) is 0 Å². The van der Waals surface area contributed by atoms with Crippen molar-refractivity contribution < 1.29 is 14.4 Å². The van der Waals surface area contributed by atoms with Crippen molar-refractivity contribution in [2.24, 2.45) is 0 Å². The summed E-state index contributed by atoms with van der Waals surface area (Å²) in [5, 5.41) is 15.7. The van der Waals surface area contributed by atoms with Crippen LogP contribution in [0.25, 0.3) is 0 Å². The fraction of sp³-hybridized carbons (Fsp3) is 0.250. The average molecular weight is 247 g/mol. The minimum atomic E-state index is -0.233. The van der Waals surface area contributed by atoms with Crippen LogP contribution in [0.2, 0.25) is 0 Å². The third-order valence-electron chi connectivity index (χ3n) is 2.58. The molecule has 0 saturated carbocycles. The highest BCUT2D eigenvalue weighted by atomic mass is 16.5. The fourth-order valence-corrected chi connectivity index (χ4v) is 1.55. The molecule has 0 aliphatic heterocycles. The summed E-state index contributed by atoms with van der Waals surface area (Å²) in [6.07, 6.45) is 1.79. The largest absolute Gasteiger partial charge is 0.508 e. The van der Waals surface area contributed by atoms with E-state index in [1.54, 1.807) is 25.1 Å². The summed E-state index contributed by atoms with van der Waals surface area (Å²) in [5.41, 5.74) is 1.02. The Labute approximate surface area is 104 Å². The van der Waals surface area contributed by atoms with Crippen molar-refractivity contribution in [3.8, 4) is 5.75 Å². The highest BCUT2D eigenvalue weighted by Crippen LogP contribution is 2.19. The maximum atomic E-state index is 11.9. The molecule has 18 heavy (non-hydrogen) atoms. The molecule has 1 aromatic heterocycles. The Morgan fingerprint density at radius 1 is 1.50 bits per heavy atom. The minimum Gasteiger partial charge on any atom is -0.508 e. The molecule has 2 aromatic rings. The summed E-state index contributed by atoms with van der Waals surface area (Å²) in [6.45, 7) is 2.10. The van der Waals surface area contributed by atoms with Crippen LogP contribution in [0, 0.1) is 6.92 Å². The zero-order valence-corrected chi connectivity index (χ0v) is 9.88. The Bertz CT molecular complexity index is 538. The van der Waals surface area contributed by atoms with Gasteiger partial charge >= 0.3 is 0 Å². The number of amides is 1. The van der Waals surface area contributed by atoms with Crippen LogP contribution < -0.4 is 5.32 Å². The maximum absolute atomic E-state index is 11.9. The van der Waals surface area contributed by atoms with Gasteiger partial charge in [0.2, 0.25) is 5.89 Å². The topological polar surface area (TPSA) is 88.2 Å². The normalized spacial score (nSPS) is 10.3. The molecular weight excluding hydrogens is 234 g/mol. The van der Waals surface area contributed by atoms with Gasteiger partial charge in [0.25, 0.3) is 5.91 Å². The number of hydrogen-bond acceptors (Lipinski definition) is 5. The number of rotatable bonds is 4.